The van der Waals surface area contributed by atoms with E-state index in [2.05, 4.69) is 149 Å². The highest BCUT2D eigenvalue weighted by atomic mass is 31.2. The van der Waals surface area contributed by atoms with Crippen molar-refractivity contribution in [3.8, 4) is 0 Å². The van der Waals surface area contributed by atoms with Crippen molar-refractivity contribution in [3.63, 3.8) is 0 Å². The van der Waals surface area contributed by atoms with Crippen LogP contribution in [0.2, 0.25) is 0 Å². The summed E-state index contributed by atoms with van der Waals surface area (Å²) in [4.78, 5) is 72.7. The highest BCUT2D eigenvalue weighted by Gasteiger charge is 2.30. The average Bonchev–Trinajstić information content (AvgIpc) is 1.02. The van der Waals surface area contributed by atoms with Crippen LogP contribution in [0.3, 0.4) is 0 Å². The van der Waals surface area contributed by atoms with Gasteiger partial charge in [0.2, 0.25) is 0 Å². The highest BCUT2D eigenvalue weighted by Crippen LogP contribution is 2.45. The number of esters is 4. The van der Waals surface area contributed by atoms with Gasteiger partial charge in [-0.15, -0.1) is 0 Å². The number of unbranched alkanes of at least 4 members (excludes halogenated alkanes) is 19. The highest BCUT2D eigenvalue weighted by molar-refractivity contribution is 7.47. The molecule has 98 heavy (non-hydrogen) atoms. The lowest BCUT2D eigenvalue weighted by molar-refractivity contribution is -0.161. The Hall–Kier alpha value is -5.06. The number of rotatable bonds is 68. The van der Waals surface area contributed by atoms with Crippen molar-refractivity contribution >= 4 is 39.5 Å². The van der Waals surface area contributed by atoms with Gasteiger partial charge in [0, 0.05) is 19.3 Å². The van der Waals surface area contributed by atoms with Crippen LogP contribution in [0.5, 0.6) is 0 Å². The fourth-order valence-electron chi connectivity index (χ4n) is 9.20. The number of allylic oxidation sites excluding steroid dienone is 23. The summed E-state index contributed by atoms with van der Waals surface area (Å²) in [7, 11) is -10.00. The van der Waals surface area contributed by atoms with Crippen LogP contribution in [-0.2, 0) is 65.4 Å². The van der Waals surface area contributed by atoms with Crippen molar-refractivity contribution in [1.82, 2.24) is 0 Å². The molecule has 0 heterocycles. The molecule has 0 aliphatic rings. The molecule has 5 unspecified atom stereocenters. The number of hydrogen-bond donors (Lipinski definition) is 3. The van der Waals surface area contributed by atoms with Crippen molar-refractivity contribution in [2.75, 3.05) is 39.6 Å². The van der Waals surface area contributed by atoms with Gasteiger partial charge in [0.1, 0.15) is 19.3 Å². The zero-order valence-electron chi connectivity index (χ0n) is 60.7. The van der Waals surface area contributed by atoms with Crippen LogP contribution in [0.15, 0.2) is 146 Å². The third-order valence-corrected chi connectivity index (χ3v) is 16.7. The van der Waals surface area contributed by atoms with Gasteiger partial charge in [0.15, 0.2) is 12.2 Å². The summed E-state index contributed by atoms with van der Waals surface area (Å²) in [5, 5.41) is 10.6. The molecule has 3 N–H and O–H groups in total. The van der Waals surface area contributed by atoms with Gasteiger partial charge < -0.3 is 33.8 Å². The number of hydrogen-bond acceptors (Lipinski definition) is 15. The number of ether oxygens (including phenoxy) is 4. The molecule has 0 aliphatic carbocycles. The Bertz CT molecular complexity index is 2430. The van der Waals surface area contributed by atoms with E-state index in [4.69, 9.17) is 37.0 Å². The Kier molecular flexibility index (Phi) is 66.7. The third kappa shape index (κ3) is 69.4. The van der Waals surface area contributed by atoms with E-state index in [1.54, 1.807) is 12.2 Å². The normalized spacial score (nSPS) is 14.8. The van der Waals surface area contributed by atoms with Crippen LogP contribution in [-0.4, -0.2) is 96.7 Å². The lowest BCUT2D eigenvalue weighted by atomic mass is 10.1. The van der Waals surface area contributed by atoms with Crippen LogP contribution in [0.1, 0.15) is 272 Å². The fourth-order valence-corrected chi connectivity index (χ4v) is 10.8. The zero-order chi connectivity index (χ0) is 71.8. The Morgan fingerprint density at radius 2 is 0.592 bits per heavy atom. The Morgan fingerprint density at radius 1 is 0.306 bits per heavy atom. The van der Waals surface area contributed by atoms with Crippen LogP contribution in [0, 0.1) is 0 Å². The molecule has 0 aromatic rings. The van der Waals surface area contributed by atoms with Gasteiger partial charge in [-0.25, -0.2) is 9.13 Å². The molecule has 0 amide bonds. The van der Waals surface area contributed by atoms with E-state index < -0.39 is 97.5 Å². The van der Waals surface area contributed by atoms with Gasteiger partial charge in [-0.1, -0.05) is 251 Å². The first kappa shape index (κ1) is 92.9. The van der Waals surface area contributed by atoms with Gasteiger partial charge in [0.25, 0.3) is 0 Å². The number of phosphoric ester groups is 2. The van der Waals surface area contributed by atoms with E-state index in [1.807, 2.05) is 12.2 Å². The van der Waals surface area contributed by atoms with Crippen LogP contribution >= 0.6 is 15.6 Å². The summed E-state index contributed by atoms with van der Waals surface area (Å²) in [5.74, 6) is -2.39. The molecule has 17 nitrogen and oxygen atoms in total. The monoisotopic (exact) mass is 1410 g/mol. The summed E-state index contributed by atoms with van der Waals surface area (Å²) >= 11 is 0. The minimum Gasteiger partial charge on any atom is -0.462 e. The minimum atomic E-state index is -5.01. The van der Waals surface area contributed by atoms with Gasteiger partial charge in [-0.2, -0.15) is 0 Å². The maximum Gasteiger partial charge on any atom is 0.472 e. The van der Waals surface area contributed by atoms with Crippen molar-refractivity contribution in [1.29, 1.82) is 0 Å². The first-order valence-electron chi connectivity index (χ1n) is 37.1. The maximum absolute atomic E-state index is 13.1. The van der Waals surface area contributed by atoms with Crippen molar-refractivity contribution in [3.05, 3.63) is 146 Å². The SMILES string of the molecule is CC/C=C\C/C=C\C/C=C\C/C=C\C/C=C\CC(=O)OC(COC(=O)CCCCCC/C=C\C/C=C\C/C=C\C/C=C\CC)COP(=O)(O)OCC(O)COP(=O)(O)OCC(COC(=O)CCCCCCC/C=C\C/C=C\CCC)OC(=O)CCCCCCC/C=C\CCCCCC. The lowest BCUT2D eigenvalue weighted by Gasteiger charge is -2.21. The number of carbonyl (C=O) groups is 4. The largest absolute Gasteiger partial charge is 0.472 e. The Balaban J connectivity index is 5.46. The van der Waals surface area contributed by atoms with E-state index in [0.29, 0.717) is 25.7 Å². The first-order valence-corrected chi connectivity index (χ1v) is 40.1. The summed E-state index contributed by atoms with van der Waals surface area (Å²) in [6.07, 6.45) is 78.8. The number of aliphatic hydroxyl groups is 1. The molecular formula is C79H130O17P2. The molecule has 19 heteroatoms. The summed E-state index contributed by atoms with van der Waals surface area (Å²) in [5.41, 5.74) is 0. The topological polar surface area (TPSA) is 237 Å². The van der Waals surface area contributed by atoms with E-state index in [0.717, 1.165) is 167 Å². The van der Waals surface area contributed by atoms with E-state index in [-0.39, 0.29) is 25.7 Å². The minimum absolute atomic E-state index is 0.0756. The van der Waals surface area contributed by atoms with E-state index >= 15 is 0 Å². The smallest absolute Gasteiger partial charge is 0.462 e. The summed E-state index contributed by atoms with van der Waals surface area (Å²) < 4.78 is 68.2. The molecule has 0 aromatic carbocycles. The van der Waals surface area contributed by atoms with Crippen molar-refractivity contribution in [2.24, 2.45) is 0 Å². The van der Waals surface area contributed by atoms with Crippen LogP contribution < -0.4 is 0 Å². The molecule has 0 fully saturated rings. The van der Waals surface area contributed by atoms with Gasteiger partial charge >= 0.3 is 39.5 Å². The second-order valence-corrected chi connectivity index (χ2v) is 27.0. The molecule has 0 aromatic heterocycles. The van der Waals surface area contributed by atoms with Crippen LogP contribution in [0.4, 0.5) is 0 Å². The second-order valence-electron chi connectivity index (χ2n) is 24.1. The molecule has 0 saturated carbocycles. The zero-order valence-corrected chi connectivity index (χ0v) is 62.4. The van der Waals surface area contributed by atoms with Gasteiger partial charge in [-0.3, -0.25) is 37.3 Å². The Morgan fingerprint density at radius 3 is 0.959 bits per heavy atom. The van der Waals surface area contributed by atoms with E-state index in [1.165, 1.54) is 25.7 Å². The standard InChI is InChI=1S/C79H130O17P2/c1-5-9-13-17-21-25-29-33-35-36-38-41-44-48-52-56-60-64-77(82)90-70-75(96-79(84)66-62-58-54-50-46-42-37-34-30-26-22-18-14-10-6-2)72-94-98(87,88)92-68-73(80)67-91-97(85,86)93-71-74(95-78(83)65-61-57-53-49-45-40-32-28-24-20-16-12-8-4)69-89-76(81)63-59-55-51-47-43-39-31-27-23-19-15-11-7-3/h9-10,13-15,19,21-22,25-28,31-35,37-38,41,46,50,58,62,73-75,80H,5-8,11-12,16-18,20,23-24,29-30,36,39-40,42-45,47-49,51-57,59-61,63-72H2,1-4H3,(H,85,86)(H,87,88)/b13-9-,14-10-,19-15-,25-21-,26-22-,31-27-,32-28-,35-33-,37-34-,41-38-,50-46-,62-58-. The third-order valence-electron chi connectivity index (χ3n) is 14.8. The predicted molar refractivity (Wildman–Crippen MR) is 399 cm³/mol. The summed E-state index contributed by atoms with van der Waals surface area (Å²) in [6, 6.07) is 0. The number of carbonyl (C=O) groups excluding carboxylic acids is 4. The predicted octanol–water partition coefficient (Wildman–Crippen LogP) is 21.1. The molecule has 0 rings (SSSR count). The molecule has 0 spiro atoms. The quantitative estimate of drug-likeness (QED) is 0.0169. The maximum atomic E-state index is 13.1. The lowest BCUT2D eigenvalue weighted by Crippen LogP contribution is -2.30. The summed E-state index contributed by atoms with van der Waals surface area (Å²) in [6.45, 7) is 4.37. The van der Waals surface area contributed by atoms with Crippen molar-refractivity contribution in [2.45, 2.75) is 290 Å². The van der Waals surface area contributed by atoms with Crippen LogP contribution in [0.25, 0.3) is 0 Å². The average molecular weight is 1410 g/mol. The molecule has 0 saturated heterocycles. The second kappa shape index (κ2) is 70.4. The number of phosphoric acid groups is 2. The number of aliphatic hydroxyl groups excluding tert-OH is 1. The molecule has 0 aliphatic heterocycles. The first-order chi connectivity index (χ1) is 47.7. The fraction of sp³-hybridized carbons (Fsp3) is 0.646. The molecular weight excluding hydrogens is 1280 g/mol. The molecule has 5 atom stereocenters. The molecule has 0 bridgehead atoms. The van der Waals surface area contributed by atoms with Gasteiger partial charge in [0.05, 0.1) is 32.8 Å². The van der Waals surface area contributed by atoms with Crippen molar-refractivity contribution < 1.29 is 80.2 Å². The Labute approximate surface area is 592 Å². The molecule has 0 radical (unpaired) electrons. The van der Waals surface area contributed by atoms with E-state index in [9.17, 15) is 43.2 Å². The van der Waals surface area contributed by atoms with Gasteiger partial charge in [-0.05, 0) is 141 Å². The molecule has 558 valence electrons.